The lowest BCUT2D eigenvalue weighted by atomic mass is 10.1. The van der Waals surface area contributed by atoms with Crippen molar-refractivity contribution in [1.82, 2.24) is 9.47 Å². The Balaban J connectivity index is 1.78. The zero-order valence-corrected chi connectivity index (χ0v) is 17.1. The Labute approximate surface area is 172 Å². The van der Waals surface area contributed by atoms with Crippen molar-refractivity contribution >= 4 is 40.7 Å². The van der Waals surface area contributed by atoms with Gasteiger partial charge in [0.15, 0.2) is 0 Å². The average molecular weight is 417 g/mol. The molecule has 3 amide bonds. The highest BCUT2D eigenvalue weighted by atomic mass is 35.5. The van der Waals surface area contributed by atoms with Gasteiger partial charge in [-0.25, -0.2) is 0 Å². The smallest absolute Gasteiger partial charge is 0.274 e. The molecule has 0 saturated carbocycles. The Morgan fingerprint density at radius 3 is 2.45 bits per heavy atom. The molecule has 2 heterocycles. The van der Waals surface area contributed by atoms with Crippen LogP contribution in [-0.4, -0.2) is 47.8 Å². The van der Waals surface area contributed by atoms with Gasteiger partial charge in [-0.05, 0) is 30.3 Å². The predicted molar refractivity (Wildman–Crippen MR) is 110 cm³/mol. The van der Waals surface area contributed by atoms with Gasteiger partial charge < -0.3 is 19.7 Å². The molecule has 1 N–H and O–H groups in total. The Hall–Kier alpha value is -3.13. The number of aryl methyl sites for hydroxylation is 1. The van der Waals surface area contributed by atoms with Crippen LogP contribution in [0, 0.1) is 5.92 Å². The number of carbonyl (C=O) groups excluding carboxylic acids is 3. The lowest BCUT2D eigenvalue weighted by molar-refractivity contribution is -0.122. The van der Waals surface area contributed by atoms with E-state index in [9.17, 15) is 19.2 Å². The number of nitrogens with one attached hydrogen (secondary N) is 1. The third-order valence-electron chi connectivity index (χ3n) is 4.73. The first-order valence-corrected chi connectivity index (χ1v) is 9.34. The van der Waals surface area contributed by atoms with E-state index in [0.29, 0.717) is 10.7 Å². The number of hydrogen-bond acceptors (Lipinski definition) is 4. The van der Waals surface area contributed by atoms with Crippen LogP contribution in [0.1, 0.15) is 16.8 Å². The Kier molecular flexibility index (Phi) is 5.74. The van der Waals surface area contributed by atoms with Gasteiger partial charge in [-0.2, -0.15) is 0 Å². The second-order valence-corrected chi connectivity index (χ2v) is 7.57. The summed E-state index contributed by atoms with van der Waals surface area (Å²) in [5.41, 5.74) is 0.497. The van der Waals surface area contributed by atoms with Gasteiger partial charge >= 0.3 is 0 Å². The molecule has 1 unspecified atom stereocenters. The van der Waals surface area contributed by atoms with Crippen molar-refractivity contribution < 1.29 is 14.4 Å². The van der Waals surface area contributed by atoms with Crippen molar-refractivity contribution in [1.29, 1.82) is 0 Å². The van der Waals surface area contributed by atoms with Crippen LogP contribution in [0.5, 0.6) is 0 Å². The van der Waals surface area contributed by atoms with E-state index in [1.807, 2.05) is 0 Å². The van der Waals surface area contributed by atoms with Crippen LogP contribution in [0.15, 0.2) is 41.3 Å². The van der Waals surface area contributed by atoms with Crippen molar-refractivity contribution in [2.45, 2.75) is 6.42 Å². The van der Waals surface area contributed by atoms with Crippen LogP contribution in [-0.2, 0) is 16.6 Å². The van der Waals surface area contributed by atoms with Crippen LogP contribution < -0.4 is 15.8 Å². The Morgan fingerprint density at radius 1 is 1.17 bits per heavy atom. The highest BCUT2D eigenvalue weighted by Crippen LogP contribution is 2.27. The number of benzene rings is 1. The standard InChI is InChI=1S/C20H21ClN4O4/c1-23(2)19(28)13-8-16(20(29)24(3)10-13)22-18(27)12-9-17(26)25(11-12)15-6-4-14(21)5-7-15/h4-8,10,12H,9,11H2,1-3H3,(H,22,27). The van der Waals surface area contributed by atoms with Crippen LogP contribution in [0.3, 0.4) is 0 Å². The molecule has 1 atom stereocenters. The minimum atomic E-state index is -0.615. The largest absolute Gasteiger partial charge is 0.345 e. The fourth-order valence-corrected chi connectivity index (χ4v) is 3.29. The lowest BCUT2D eigenvalue weighted by Crippen LogP contribution is -2.32. The molecule has 9 heteroatoms. The third kappa shape index (κ3) is 4.32. The number of amides is 3. The second-order valence-electron chi connectivity index (χ2n) is 7.13. The lowest BCUT2D eigenvalue weighted by Gasteiger charge is -2.17. The van der Waals surface area contributed by atoms with E-state index in [1.165, 1.54) is 33.7 Å². The SMILES string of the molecule is CN(C)C(=O)c1cc(NC(=O)C2CC(=O)N(c3ccc(Cl)cc3)C2)c(=O)n(C)c1. The number of nitrogens with zero attached hydrogens (tertiary/aromatic N) is 3. The van der Waals surface area contributed by atoms with Gasteiger partial charge in [0, 0.05) is 51.0 Å². The normalized spacial score (nSPS) is 16.1. The molecular formula is C20H21ClN4O4. The molecule has 0 radical (unpaired) electrons. The molecule has 1 aliphatic heterocycles. The average Bonchev–Trinajstić information content (AvgIpc) is 3.07. The van der Waals surface area contributed by atoms with Crippen LogP contribution in [0.4, 0.5) is 11.4 Å². The van der Waals surface area contributed by atoms with Crippen LogP contribution in [0.25, 0.3) is 0 Å². The Bertz CT molecular complexity index is 1030. The molecule has 0 bridgehead atoms. The Morgan fingerprint density at radius 2 is 1.83 bits per heavy atom. The van der Waals surface area contributed by atoms with E-state index in [4.69, 9.17) is 11.6 Å². The number of hydrogen-bond donors (Lipinski definition) is 1. The molecule has 29 heavy (non-hydrogen) atoms. The summed E-state index contributed by atoms with van der Waals surface area (Å²) >= 11 is 5.88. The summed E-state index contributed by atoms with van der Waals surface area (Å²) in [5.74, 6) is -1.53. The molecule has 1 fully saturated rings. The van der Waals surface area contributed by atoms with Crippen molar-refractivity contribution in [3.8, 4) is 0 Å². The quantitative estimate of drug-likeness (QED) is 0.821. The predicted octanol–water partition coefficient (Wildman–Crippen LogP) is 1.73. The zero-order valence-electron chi connectivity index (χ0n) is 16.3. The minimum absolute atomic E-state index is 0.00240. The second kappa shape index (κ2) is 8.08. The first-order valence-electron chi connectivity index (χ1n) is 8.96. The van der Waals surface area contributed by atoms with Crippen molar-refractivity contribution in [2.75, 3.05) is 30.9 Å². The summed E-state index contributed by atoms with van der Waals surface area (Å²) in [6.45, 7) is 0.197. The van der Waals surface area contributed by atoms with E-state index < -0.39 is 17.4 Å². The van der Waals surface area contributed by atoms with E-state index >= 15 is 0 Å². The van der Waals surface area contributed by atoms with E-state index in [-0.39, 0.29) is 36.0 Å². The highest BCUT2D eigenvalue weighted by Gasteiger charge is 2.35. The number of anilines is 2. The van der Waals surface area contributed by atoms with Crippen molar-refractivity contribution in [3.05, 3.63) is 57.5 Å². The fraction of sp³-hybridized carbons (Fsp3) is 0.300. The van der Waals surface area contributed by atoms with Gasteiger partial charge in [-0.15, -0.1) is 0 Å². The van der Waals surface area contributed by atoms with Crippen molar-refractivity contribution in [2.24, 2.45) is 13.0 Å². The zero-order chi connectivity index (χ0) is 21.3. The first kappa shape index (κ1) is 20.6. The minimum Gasteiger partial charge on any atom is -0.345 e. The molecule has 2 aromatic rings. The maximum absolute atomic E-state index is 12.7. The molecule has 1 saturated heterocycles. The van der Waals surface area contributed by atoms with Gasteiger partial charge in [-0.1, -0.05) is 11.6 Å². The van der Waals surface area contributed by atoms with Crippen LogP contribution in [0.2, 0.25) is 5.02 Å². The van der Waals surface area contributed by atoms with E-state index in [2.05, 4.69) is 5.32 Å². The molecule has 1 aromatic heterocycles. The van der Waals surface area contributed by atoms with Crippen LogP contribution >= 0.6 is 11.6 Å². The molecule has 1 aromatic carbocycles. The van der Waals surface area contributed by atoms with Gasteiger partial charge in [0.25, 0.3) is 11.5 Å². The third-order valence-corrected chi connectivity index (χ3v) is 4.98. The number of pyridine rings is 1. The number of halogens is 1. The first-order chi connectivity index (χ1) is 13.7. The number of aromatic nitrogens is 1. The summed E-state index contributed by atoms with van der Waals surface area (Å²) in [7, 11) is 4.70. The topological polar surface area (TPSA) is 91.7 Å². The molecule has 8 nitrogen and oxygen atoms in total. The highest BCUT2D eigenvalue weighted by molar-refractivity contribution is 6.30. The summed E-state index contributed by atoms with van der Waals surface area (Å²) < 4.78 is 1.24. The maximum Gasteiger partial charge on any atom is 0.274 e. The molecule has 3 rings (SSSR count). The van der Waals surface area contributed by atoms with E-state index in [0.717, 1.165) is 0 Å². The molecule has 0 spiro atoms. The summed E-state index contributed by atoms with van der Waals surface area (Å²) in [5, 5.41) is 3.14. The van der Waals surface area contributed by atoms with E-state index in [1.54, 1.807) is 38.4 Å². The number of carbonyl (C=O) groups is 3. The monoisotopic (exact) mass is 416 g/mol. The van der Waals surface area contributed by atoms with Gasteiger partial charge in [-0.3, -0.25) is 19.2 Å². The molecule has 152 valence electrons. The number of rotatable bonds is 4. The molecule has 0 aliphatic carbocycles. The summed E-state index contributed by atoms with van der Waals surface area (Å²) in [6, 6.07) is 8.14. The summed E-state index contributed by atoms with van der Waals surface area (Å²) in [6.07, 6.45) is 1.45. The molecule has 1 aliphatic rings. The molecular weight excluding hydrogens is 396 g/mol. The summed E-state index contributed by atoms with van der Waals surface area (Å²) in [4.78, 5) is 52.6. The van der Waals surface area contributed by atoms with Gasteiger partial charge in [0.05, 0.1) is 11.5 Å². The van der Waals surface area contributed by atoms with Gasteiger partial charge in [0.1, 0.15) is 5.69 Å². The maximum atomic E-state index is 12.7. The fourth-order valence-electron chi connectivity index (χ4n) is 3.17. The van der Waals surface area contributed by atoms with Crippen molar-refractivity contribution in [3.63, 3.8) is 0 Å². The van der Waals surface area contributed by atoms with Gasteiger partial charge in [0.2, 0.25) is 11.8 Å².